The predicted molar refractivity (Wildman–Crippen MR) is 94.5 cm³/mol. The Morgan fingerprint density at radius 3 is 2.52 bits per heavy atom. The van der Waals surface area contributed by atoms with Crippen molar-refractivity contribution >= 4 is 11.8 Å². The standard InChI is InChI=1S/C19H19N3O5/c1-11(21)16(8-20)18(23)10-26-19(24)14-4-6-15(7-5-14)25-9-17-12(2)22-27-13(17)3/h4-7,16H,1,9-10,21H2,2-3H3/t16-/m1/s1. The van der Waals surface area contributed by atoms with Gasteiger partial charge in [0.15, 0.2) is 12.4 Å². The molecule has 0 radical (unpaired) electrons. The summed E-state index contributed by atoms with van der Waals surface area (Å²) >= 11 is 0. The van der Waals surface area contributed by atoms with Crippen LogP contribution in [0.4, 0.5) is 0 Å². The highest BCUT2D eigenvalue weighted by Gasteiger charge is 2.21. The third-order valence-electron chi connectivity index (χ3n) is 3.82. The smallest absolute Gasteiger partial charge is 0.338 e. The predicted octanol–water partition coefficient (Wildman–Crippen LogP) is 2.21. The molecule has 1 aromatic carbocycles. The maximum atomic E-state index is 12.0. The van der Waals surface area contributed by atoms with Crippen LogP contribution in [0.25, 0.3) is 0 Å². The second-order valence-electron chi connectivity index (χ2n) is 5.80. The summed E-state index contributed by atoms with van der Waals surface area (Å²) in [6.45, 7) is 6.72. The van der Waals surface area contributed by atoms with E-state index in [1.165, 1.54) is 12.1 Å². The first-order chi connectivity index (χ1) is 12.8. The molecule has 0 aliphatic carbocycles. The number of hydrogen-bond donors (Lipinski definition) is 1. The van der Waals surface area contributed by atoms with Gasteiger partial charge >= 0.3 is 5.97 Å². The molecule has 0 fully saturated rings. The number of Topliss-reactive ketones (excluding diaryl/α,β-unsaturated/α-hetero) is 1. The zero-order valence-electron chi connectivity index (χ0n) is 15.0. The van der Waals surface area contributed by atoms with Crippen molar-refractivity contribution in [2.75, 3.05) is 6.61 Å². The zero-order chi connectivity index (χ0) is 20.0. The molecule has 8 heteroatoms. The van der Waals surface area contributed by atoms with Crippen molar-refractivity contribution < 1.29 is 23.6 Å². The van der Waals surface area contributed by atoms with Gasteiger partial charge in [0, 0.05) is 5.70 Å². The van der Waals surface area contributed by atoms with Crippen LogP contribution in [0.15, 0.2) is 41.1 Å². The number of esters is 1. The van der Waals surface area contributed by atoms with Gasteiger partial charge in [-0.1, -0.05) is 11.7 Å². The van der Waals surface area contributed by atoms with Gasteiger partial charge in [0.25, 0.3) is 0 Å². The monoisotopic (exact) mass is 369 g/mol. The number of aryl methyl sites for hydroxylation is 2. The number of rotatable bonds is 8. The fourth-order valence-electron chi connectivity index (χ4n) is 2.22. The molecule has 27 heavy (non-hydrogen) atoms. The van der Waals surface area contributed by atoms with Crippen molar-refractivity contribution in [3.63, 3.8) is 0 Å². The average molecular weight is 369 g/mol. The van der Waals surface area contributed by atoms with Crippen molar-refractivity contribution in [3.05, 3.63) is 59.1 Å². The Hall–Kier alpha value is -3.60. The van der Waals surface area contributed by atoms with E-state index in [0.29, 0.717) is 11.5 Å². The minimum Gasteiger partial charge on any atom is -0.489 e. The van der Waals surface area contributed by atoms with E-state index in [2.05, 4.69) is 11.7 Å². The van der Waals surface area contributed by atoms with Crippen molar-refractivity contribution in [2.24, 2.45) is 11.7 Å². The first kappa shape index (κ1) is 19.7. The molecule has 0 amide bonds. The molecule has 0 aliphatic rings. The quantitative estimate of drug-likeness (QED) is 0.701. The Labute approximate surface area is 156 Å². The first-order valence-electron chi connectivity index (χ1n) is 8.01. The van der Waals surface area contributed by atoms with Crippen LogP contribution < -0.4 is 10.5 Å². The summed E-state index contributed by atoms with van der Waals surface area (Å²) in [7, 11) is 0. The van der Waals surface area contributed by atoms with Gasteiger partial charge in [-0.15, -0.1) is 0 Å². The largest absolute Gasteiger partial charge is 0.489 e. The van der Waals surface area contributed by atoms with Gasteiger partial charge in [-0.2, -0.15) is 5.26 Å². The highest BCUT2D eigenvalue weighted by atomic mass is 16.5. The van der Waals surface area contributed by atoms with Crippen LogP contribution in [0.2, 0.25) is 0 Å². The molecule has 0 aliphatic heterocycles. The van der Waals surface area contributed by atoms with Crippen LogP contribution in [-0.4, -0.2) is 23.5 Å². The summed E-state index contributed by atoms with van der Waals surface area (Å²) in [5.41, 5.74) is 7.14. The minimum absolute atomic E-state index is 0.0849. The molecule has 2 rings (SSSR count). The average Bonchev–Trinajstić information content (AvgIpc) is 2.96. The minimum atomic E-state index is -1.20. The van der Waals surface area contributed by atoms with E-state index >= 15 is 0 Å². The van der Waals surface area contributed by atoms with Crippen LogP contribution >= 0.6 is 0 Å². The van der Waals surface area contributed by atoms with Crippen LogP contribution in [0.1, 0.15) is 27.4 Å². The second-order valence-corrected chi connectivity index (χ2v) is 5.80. The molecule has 0 saturated carbocycles. The fourth-order valence-corrected chi connectivity index (χ4v) is 2.22. The topological polar surface area (TPSA) is 128 Å². The van der Waals surface area contributed by atoms with Crippen molar-refractivity contribution in [2.45, 2.75) is 20.5 Å². The van der Waals surface area contributed by atoms with Crippen LogP contribution in [0, 0.1) is 31.1 Å². The first-order valence-corrected chi connectivity index (χ1v) is 8.01. The summed E-state index contributed by atoms with van der Waals surface area (Å²) < 4.78 is 15.6. The number of aromatic nitrogens is 1. The summed E-state index contributed by atoms with van der Waals surface area (Å²) in [5, 5.41) is 12.7. The van der Waals surface area contributed by atoms with Crippen LogP contribution in [0.5, 0.6) is 5.75 Å². The van der Waals surface area contributed by atoms with E-state index in [1.54, 1.807) is 25.1 Å². The molecule has 140 valence electrons. The molecule has 1 heterocycles. The van der Waals surface area contributed by atoms with Gasteiger partial charge in [-0.05, 0) is 38.1 Å². The summed E-state index contributed by atoms with van der Waals surface area (Å²) in [5.74, 6) is -1.28. The number of nitrogens with zero attached hydrogens (tertiary/aromatic N) is 2. The van der Waals surface area contributed by atoms with Crippen molar-refractivity contribution in [3.8, 4) is 11.8 Å². The van der Waals surface area contributed by atoms with Gasteiger partial charge < -0.3 is 19.7 Å². The van der Waals surface area contributed by atoms with Gasteiger partial charge in [0.05, 0.1) is 22.9 Å². The highest BCUT2D eigenvalue weighted by molar-refractivity contribution is 5.93. The lowest BCUT2D eigenvalue weighted by atomic mass is 10.0. The number of allylic oxidation sites excluding steroid dienone is 1. The third-order valence-corrected chi connectivity index (χ3v) is 3.82. The van der Waals surface area contributed by atoms with Crippen molar-refractivity contribution in [1.29, 1.82) is 5.26 Å². The number of carbonyl (C=O) groups excluding carboxylic acids is 2. The molecule has 2 aromatic rings. The summed E-state index contributed by atoms with van der Waals surface area (Å²) in [4.78, 5) is 23.8. The highest BCUT2D eigenvalue weighted by Crippen LogP contribution is 2.18. The number of ether oxygens (including phenoxy) is 2. The number of hydrogen-bond acceptors (Lipinski definition) is 8. The van der Waals surface area contributed by atoms with E-state index in [-0.39, 0.29) is 17.9 Å². The van der Waals surface area contributed by atoms with E-state index < -0.39 is 24.3 Å². The van der Waals surface area contributed by atoms with Crippen LogP contribution in [0.3, 0.4) is 0 Å². The van der Waals surface area contributed by atoms with Gasteiger partial charge in [0.2, 0.25) is 0 Å². The van der Waals surface area contributed by atoms with E-state index in [4.69, 9.17) is 25.0 Å². The zero-order valence-corrected chi connectivity index (χ0v) is 15.0. The van der Waals surface area contributed by atoms with Gasteiger partial charge in [-0.3, -0.25) is 4.79 Å². The Bertz CT molecular complexity index is 874. The SMILES string of the molecule is C=C(N)[C@@H](C#N)C(=O)COC(=O)c1ccc(OCc2c(C)noc2C)cc1. The number of carbonyl (C=O) groups is 2. The third kappa shape index (κ3) is 4.95. The fraction of sp³-hybridized carbons (Fsp3) is 0.263. The summed E-state index contributed by atoms with van der Waals surface area (Å²) in [6.07, 6.45) is 0. The van der Waals surface area contributed by atoms with Gasteiger partial charge in [0.1, 0.15) is 24.0 Å². The van der Waals surface area contributed by atoms with E-state index in [1.807, 2.05) is 6.92 Å². The Kier molecular flexibility index (Phi) is 6.33. The summed E-state index contributed by atoms with van der Waals surface area (Å²) in [6, 6.07) is 7.95. The van der Waals surface area contributed by atoms with E-state index in [9.17, 15) is 9.59 Å². The van der Waals surface area contributed by atoms with Gasteiger partial charge in [-0.25, -0.2) is 4.79 Å². The van der Waals surface area contributed by atoms with Crippen LogP contribution in [-0.2, 0) is 16.1 Å². The lowest BCUT2D eigenvalue weighted by Gasteiger charge is -2.09. The molecule has 8 nitrogen and oxygen atoms in total. The van der Waals surface area contributed by atoms with E-state index in [0.717, 1.165) is 11.3 Å². The molecule has 0 saturated heterocycles. The maximum absolute atomic E-state index is 12.0. The Morgan fingerprint density at radius 2 is 2.00 bits per heavy atom. The lowest BCUT2D eigenvalue weighted by molar-refractivity contribution is -0.123. The molecule has 0 unspecified atom stereocenters. The second kappa shape index (κ2) is 8.67. The Balaban J connectivity index is 1.91. The lowest BCUT2D eigenvalue weighted by Crippen LogP contribution is -2.25. The molecule has 0 bridgehead atoms. The molecular weight excluding hydrogens is 350 g/mol. The number of benzene rings is 1. The molecule has 2 N–H and O–H groups in total. The molecular formula is C19H19N3O5. The Morgan fingerprint density at radius 1 is 1.33 bits per heavy atom. The number of nitriles is 1. The number of nitrogens with two attached hydrogens (primary N) is 1. The molecule has 1 aromatic heterocycles. The molecule has 0 spiro atoms. The number of ketones is 1. The normalized spacial score (nSPS) is 11.3. The molecule has 1 atom stereocenters. The van der Waals surface area contributed by atoms with Crippen molar-refractivity contribution in [1.82, 2.24) is 5.16 Å². The maximum Gasteiger partial charge on any atom is 0.338 e.